The van der Waals surface area contributed by atoms with Gasteiger partial charge in [-0.1, -0.05) is 12.7 Å². The number of ether oxygens (including phenoxy) is 1. The van der Waals surface area contributed by atoms with E-state index >= 15 is 0 Å². The standard InChI is InChI=1S/C12H16O3/c1-4-6-7-8-11(10(3)13)12(14)15-9-5-2/h1,5,11H,2,6-9H2,3H3. The Hall–Kier alpha value is -1.56. The van der Waals surface area contributed by atoms with Gasteiger partial charge in [0.2, 0.25) is 0 Å². The third-order valence-corrected chi connectivity index (χ3v) is 1.93. The molecule has 0 aliphatic heterocycles. The highest BCUT2D eigenvalue weighted by Gasteiger charge is 2.23. The Morgan fingerprint density at radius 2 is 2.27 bits per heavy atom. The van der Waals surface area contributed by atoms with Crippen LogP contribution in [0.1, 0.15) is 26.2 Å². The number of rotatable bonds is 7. The van der Waals surface area contributed by atoms with Crippen LogP contribution in [0.2, 0.25) is 0 Å². The van der Waals surface area contributed by atoms with Crippen LogP contribution in [-0.4, -0.2) is 18.4 Å². The molecule has 0 aliphatic rings. The number of hydrogen-bond acceptors (Lipinski definition) is 3. The summed E-state index contributed by atoms with van der Waals surface area (Å²) < 4.78 is 4.82. The first-order valence-corrected chi connectivity index (χ1v) is 4.85. The largest absolute Gasteiger partial charge is 0.461 e. The van der Waals surface area contributed by atoms with Crippen molar-refractivity contribution < 1.29 is 14.3 Å². The quantitative estimate of drug-likeness (QED) is 0.210. The van der Waals surface area contributed by atoms with Gasteiger partial charge in [-0.3, -0.25) is 9.59 Å². The van der Waals surface area contributed by atoms with Crippen molar-refractivity contribution in [3.63, 3.8) is 0 Å². The fourth-order valence-corrected chi connectivity index (χ4v) is 1.14. The number of terminal acetylenes is 1. The summed E-state index contributed by atoms with van der Waals surface area (Å²) in [7, 11) is 0. The van der Waals surface area contributed by atoms with Gasteiger partial charge >= 0.3 is 5.97 Å². The predicted octanol–water partition coefficient (Wildman–Crippen LogP) is 1.72. The Balaban J connectivity index is 4.14. The first-order chi connectivity index (χ1) is 7.13. The van der Waals surface area contributed by atoms with Crippen LogP contribution < -0.4 is 0 Å². The zero-order valence-corrected chi connectivity index (χ0v) is 8.99. The van der Waals surface area contributed by atoms with Crippen LogP contribution in [-0.2, 0) is 14.3 Å². The fraction of sp³-hybridized carbons (Fsp3) is 0.500. The molecule has 0 radical (unpaired) electrons. The molecule has 0 aliphatic carbocycles. The third kappa shape index (κ3) is 5.69. The van der Waals surface area contributed by atoms with Crippen molar-refractivity contribution in [2.45, 2.75) is 26.2 Å². The van der Waals surface area contributed by atoms with Crippen LogP contribution in [0.4, 0.5) is 0 Å². The highest BCUT2D eigenvalue weighted by molar-refractivity contribution is 5.97. The van der Waals surface area contributed by atoms with Crippen LogP contribution in [0.3, 0.4) is 0 Å². The maximum atomic E-state index is 11.4. The van der Waals surface area contributed by atoms with E-state index in [1.165, 1.54) is 13.0 Å². The molecule has 0 aromatic heterocycles. The Bertz CT molecular complexity index is 273. The van der Waals surface area contributed by atoms with E-state index in [0.717, 1.165) is 0 Å². The smallest absolute Gasteiger partial charge is 0.316 e. The fourth-order valence-electron chi connectivity index (χ4n) is 1.14. The van der Waals surface area contributed by atoms with E-state index in [1.54, 1.807) is 0 Å². The molecule has 0 saturated carbocycles. The number of unbranched alkanes of at least 4 members (excludes halogenated alkanes) is 1. The van der Waals surface area contributed by atoms with Gasteiger partial charge in [0.15, 0.2) is 0 Å². The van der Waals surface area contributed by atoms with Gasteiger partial charge in [0, 0.05) is 6.42 Å². The van der Waals surface area contributed by atoms with Gasteiger partial charge in [-0.15, -0.1) is 12.3 Å². The molecule has 1 atom stereocenters. The minimum Gasteiger partial charge on any atom is -0.461 e. The Morgan fingerprint density at radius 1 is 1.60 bits per heavy atom. The summed E-state index contributed by atoms with van der Waals surface area (Å²) in [5.41, 5.74) is 0. The highest BCUT2D eigenvalue weighted by Crippen LogP contribution is 2.11. The molecular formula is C12H16O3. The van der Waals surface area contributed by atoms with Crippen LogP contribution in [0.5, 0.6) is 0 Å². The Morgan fingerprint density at radius 3 is 2.73 bits per heavy atom. The van der Waals surface area contributed by atoms with E-state index in [-0.39, 0.29) is 12.4 Å². The molecule has 0 spiro atoms. The molecule has 0 N–H and O–H groups in total. The Labute approximate surface area is 90.5 Å². The molecule has 15 heavy (non-hydrogen) atoms. The summed E-state index contributed by atoms with van der Waals surface area (Å²) in [4.78, 5) is 22.6. The van der Waals surface area contributed by atoms with Gasteiger partial charge in [-0.2, -0.15) is 0 Å². The second-order valence-electron chi connectivity index (χ2n) is 3.18. The normalized spacial score (nSPS) is 11.2. The van der Waals surface area contributed by atoms with E-state index in [2.05, 4.69) is 12.5 Å². The van der Waals surface area contributed by atoms with Crippen molar-refractivity contribution in [3.8, 4) is 12.3 Å². The number of hydrogen-bond donors (Lipinski definition) is 0. The number of ketones is 1. The third-order valence-electron chi connectivity index (χ3n) is 1.93. The van der Waals surface area contributed by atoms with E-state index in [0.29, 0.717) is 19.3 Å². The van der Waals surface area contributed by atoms with Gasteiger partial charge in [-0.05, 0) is 19.8 Å². The van der Waals surface area contributed by atoms with Gasteiger partial charge in [0.25, 0.3) is 0 Å². The van der Waals surface area contributed by atoms with E-state index in [9.17, 15) is 9.59 Å². The van der Waals surface area contributed by atoms with Crippen LogP contribution in [0, 0.1) is 18.3 Å². The number of Topliss-reactive ketones (excluding diaryl/α,β-unsaturated/α-hetero) is 1. The second kappa shape index (κ2) is 7.81. The molecule has 3 heteroatoms. The average molecular weight is 208 g/mol. The van der Waals surface area contributed by atoms with Crippen LogP contribution in [0.25, 0.3) is 0 Å². The summed E-state index contributed by atoms with van der Waals surface area (Å²) in [6, 6.07) is 0. The van der Waals surface area contributed by atoms with Gasteiger partial charge in [0.1, 0.15) is 18.3 Å². The Kier molecular flexibility index (Phi) is 7.00. The van der Waals surface area contributed by atoms with Gasteiger partial charge in [-0.25, -0.2) is 0 Å². The van der Waals surface area contributed by atoms with Crippen LogP contribution >= 0.6 is 0 Å². The van der Waals surface area contributed by atoms with E-state index in [4.69, 9.17) is 11.2 Å². The van der Waals surface area contributed by atoms with E-state index in [1.807, 2.05) is 0 Å². The zero-order valence-electron chi connectivity index (χ0n) is 8.99. The average Bonchev–Trinajstić information content (AvgIpc) is 2.20. The molecule has 0 fully saturated rings. The molecule has 0 heterocycles. The van der Waals surface area contributed by atoms with Crippen LogP contribution in [0.15, 0.2) is 12.7 Å². The predicted molar refractivity (Wildman–Crippen MR) is 58.0 cm³/mol. The monoisotopic (exact) mass is 208 g/mol. The van der Waals surface area contributed by atoms with Gasteiger partial charge in [0.05, 0.1) is 0 Å². The molecule has 0 amide bonds. The SMILES string of the molecule is C#CCCCC(C(C)=O)C(=O)OCC=C. The summed E-state index contributed by atoms with van der Waals surface area (Å²) in [6.45, 7) is 4.94. The van der Waals surface area contributed by atoms with Gasteiger partial charge < -0.3 is 4.74 Å². The molecule has 1 unspecified atom stereocenters. The molecule has 0 saturated heterocycles. The molecule has 0 aromatic rings. The van der Waals surface area contributed by atoms with E-state index < -0.39 is 11.9 Å². The second-order valence-corrected chi connectivity index (χ2v) is 3.18. The summed E-state index contributed by atoms with van der Waals surface area (Å²) in [6.07, 6.45) is 8.23. The van der Waals surface area contributed by atoms with Crippen molar-refractivity contribution in [2.75, 3.05) is 6.61 Å². The van der Waals surface area contributed by atoms with Crippen molar-refractivity contribution in [3.05, 3.63) is 12.7 Å². The number of carbonyl (C=O) groups excluding carboxylic acids is 2. The van der Waals surface area contributed by atoms with Crippen molar-refractivity contribution in [1.82, 2.24) is 0 Å². The first-order valence-electron chi connectivity index (χ1n) is 4.85. The lowest BCUT2D eigenvalue weighted by molar-refractivity contribution is -0.150. The molecular weight excluding hydrogens is 192 g/mol. The maximum Gasteiger partial charge on any atom is 0.316 e. The molecule has 0 aromatic carbocycles. The molecule has 3 nitrogen and oxygen atoms in total. The summed E-state index contributed by atoms with van der Waals surface area (Å²) >= 11 is 0. The topological polar surface area (TPSA) is 43.4 Å². The molecule has 82 valence electrons. The lowest BCUT2D eigenvalue weighted by Crippen LogP contribution is -2.24. The maximum absolute atomic E-state index is 11.4. The molecule has 0 bridgehead atoms. The number of carbonyl (C=O) groups is 2. The molecule has 0 rings (SSSR count). The lowest BCUT2D eigenvalue weighted by Gasteiger charge is -2.11. The lowest BCUT2D eigenvalue weighted by atomic mass is 9.98. The van der Waals surface area contributed by atoms with Crippen molar-refractivity contribution in [1.29, 1.82) is 0 Å². The summed E-state index contributed by atoms with van der Waals surface area (Å²) in [5, 5.41) is 0. The first kappa shape index (κ1) is 13.4. The van der Waals surface area contributed by atoms with Crippen molar-refractivity contribution >= 4 is 11.8 Å². The minimum atomic E-state index is -0.682. The highest BCUT2D eigenvalue weighted by atomic mass is 16.5. The number of esters is 1. The zero-order chi connectivity index (χ0) is 11.7. The van der Waals surface area contributed by atoms with Crippen molar-refractivity contribution in [2.24, 2.45) is 5.92 Å². The minimum absolute atomic E-state index is 0.137. The summed E-state index contributed by atoms with van der Waals surface area (Å²) in [5.74, 6) is 1.12.